The molecule has 1 aliphatic rings. The standard InChI is InChI=1S/C13H21NO8/c1-2-11(15)20-8-10(9-21-13(17)18)22-12(16)7-14-3-5-19-6-4-14/h10H,2-9H2,1H3,(H,17,18). The van der Waals surface area contributed by atoms with E-state index in [2.05, 4.69) is 4.74 Å². The molecular weight excluding hydrogens is 298 g/mol. The highest BCUT2D eigenvalue weighted by molar-refractivity contribution is 5.72. The lowest BCUT2D eigenvalue weighted by molar-refractivity contribution is -0.163. The number of carboxylic acid groups (broad SMARTS) is 1. The van der Waals surface area contributed by atoms with Crippen LogP contribution in [-0.2, 0) is 28.5 Å². The fraction of sp³-hybridized carbons (Fsp3) is 0.769. The Morgan fingerprint density at radius 2 is 1.77 bits per heavy atom. The number of ether oxygens (including phenoxy) is 4. The zero-order chi connectivity index (χ0) is 16.4. The Labute approximate surface area is 128 Å². The van der Waals surface area contributed by atoms with Crippen LogP contribution >= 0.6 is 0 Å². The first-order chi connectivity index (χ1) is 10.5. The van der Waals surface area contributed by atoms with Crippen molar-refractivity contribution in [2.45, 2.75) is 19.4 Å². The largest absolute Gasteiger partial charge is 0.505 e. The van der Waals surface area contributed by atoms with E-state index < -0.39 is 24.2 Å². The quantitative estimate of drug-likeness (QED) is 0.483. The van der Waals surface area contributed by atoms with Crippen LogP contribution in [0.1, 0.15) is 13.3 Å². The predicted octanol–water partition coefficient (Wildman–Crippen LogP) is -0.122. The molecule has 9 heteroatoms. The highest BCUT2D eigenvalue weighted by Gasteiger charge is 2.21. The lowest BCUT2D eigenvalue weighted by Crippen LogP contribution is -2.41. The summed E-state index contributed by atoms with van der Waals surface area (Å²) in [5, 5.41) is 8.49. The Morgan fingerprint density at radius 1 is 1.14 bits per heavy atom. The Morgan fingerprint density at radius 3 is 2.36 bits per heavy atom. The summed E-state index contributed by atoms with van der Waals surface area (Å²) in [5.74, 6) is -1.00. The molecular formula is C13H21NO8. The fourth-order valence-corrected chi connectivity index (χ4v) is 1.73. The smallest absolute Gasteiger partial charge is 0.462 e. The molecule has 0 aromatic heterocycles. The molecule has 1 fully saturated rings. The first-order valence-electron chi connectivity index (χ1n) is 7.02. The Balaban J connectivity index is 2.40. The second kappa shape index (κ2) is 9.96. The van der Waals surface area contributed by atoms with Crippen molar-refractivity contribution in [2.24, 2.45) is 0 Å². The number of morpholine rings is 1. The van der Waals surface area contributed by atoms with E-state index in [1.165, 1.54) is 0 Å². The molecule has 1 unspecified atom stereocenters. The van der Waals surface area contributed by atoms with Gasteiger partial charge in [0.2, 0.25) is 0 Å². The fourth-order valence-electron chi connectivity index (χ4n) is 1.73. The molecule has 0 spiro atoms. The lowest BCUT2D eigenvalue weighted by Gasteiger charge is -2.26. The number of carbonyl (C=O) groups is 3. The molecule has 1 heterocycles. The van der Waals surface area contributed by atoms with Crippen LogP contribution in [0.15, 0.2) is 0 Å². The van der Waals surface area contributed by atoms with Gasteiger partial charge in [-0.1, -0.05) is 6.92 Å². The van der Waals surface area contributed by atoms with Crippen molar-refractivity contribution in [1.82, 2.24) is 4.90 Å². The maximum atomic E-state index is 11.8. The van der Waals surface area contributed by atoms with E-state index in [-0.39, 0.29) is 26.2 Å². The van der Waals surface area contributed by atoms with Gasteiger partial charge in [0, 0.05) is 19.5 Å². The van der Waals surface area contributed by atoms with Gasteiger partial charge in [0.15, 0.2) is 6.10 Å². The maximum Gasteiger partial charge on any atom is 0.505 e. The van der Waals surface area contributed by atoms with E-state index in [9.17, 15) is 14.4 Å². The first-order valence-corrected chi connectivity index (χ1v) is 7.02. The van der Waals surface area contributed by atoms with E-state index in [1.54, 1.807) is 6.92 Å². The third-order valence-electron chi connectivity index (χ3n) is 2.87. The van der Waals surface area contributed by atoms with Crippen LogP contribution in [0.5, 0.6) is 0 Å². The summed E-state index contributed by atoms with van der Waals surface area (Å²) in [5.41, 5.74) is 0. The van der Waals surface area contributed by atoms with E-state index in [0.717, 1.165) is 0 Å². The van der Waals surface area contributed by atoms with Crippen LogP contribution in [0.4, 0.5) is 4.79 Å². The van der Waals surface area contributed by atoms with Gasteiger partial charge in [0.1, 0.15) is 13.2 Å². The minimum atomic E-state index is -1.49. The average molecular weight is 319 g/mol. The molecule has 1 rings (SSSR count). The summed E-state index contributed by atoms with van der Waals surface area (Å²) in [6.07, 6.45) is -2.27. The van der Waals surface area contributed by atoms with Crippen LogP contribution in [0.2, 0.25) is 0 Å². The minimum Gasteiger partial charge on any atom is -0.462 e. The highest BCUT2D eigenvalue weighted by Crippen LogP contribution is 2.02. The number of rotatable bonds is 8. The van der Waals surface area contributed by atoms with Crippen LogP contribution in [0.3, 0.4) is 0 Å². The van der Waals surface area contributed by atoms with Crippen molar-refractivity contribution in [3.8, 4) is 0 Å². The SMILES string of the molecule is CCC(=O)OCC(COC(=O)O)OC(=O)CN1CCOCC1. The van der Waals surface area contributed by atoms with Crippen molar-refractivity contribution in [2.75, 3.05) is 46.1 Å². The molecule has 1 saturated heterocycles. The van der Waals surface area contributed by atoms with Gasteiger partial charge in [-0.3, -0.25) is 14.5 Å². The Kier molecular flexibility index (Phi) is 8.23. The molecule has 22 heavy (non-hydrogen) atoms. The molecule has 1 aliphatic heterocycles. The van der Waals surface area contributed by atoms with Gasteiger partial charge >= 0.3 is 18.1 Å². The van der Waals surface area contributed by atoms with E-state index in [1.807, 2.05) is 4.90 Å². The molecule has 9 nitrogen and oxygen atoms in total. The maximum absolute atomic E-state index is 11.8. The highest BCUT2D eigenvalue weighted by atomic mass is 16.7. The van der Waals surface area contributed by atoms with Crippen molar-refractivity contribution < 1.29 is 38.4 Å². The van der Waals surface area contributed by atoms with Gasteiger partial charge in [-0.2, -0.15) is 0 Å². The molecule has 126 valence electrons. The van der Waals surface area contributed by atoms with Gasteiger partial charge < -0.3 is 24.1 Å². The average Bonchev–Trinajstić information content (AvgIpc) is 2.50. The van der Waals surface area contributed by atoms with Gasteiger partial charge in [-0.05, 0) is 0 Å². The van der Waals surface area contributed by atoms with Crippen LogP contribution in [0, 0.1) is 0 Å². The summed E-state index contributed by atoms with van der Waals surface area (Å²) in [6.45, 7) is 3.40. The molecule has 0 aromatic rings. The monoisotopic (exact) mass is 319 g/mol. The second-order valence-corrected chi connectivity index (χ2v) is 4.61. The number of nitrogens with zero attached hydrogens (tertiary/aromatic N) is 1. The van der Waals surface area contributed by atoms with E-state index in [4.69, 9.17) is 19.3 Å². The molecule has 0 aliphatic carbocycles. The molecule has 0 saturated carbocycles. The summed E-state index contributed by atoms with van der Waals surface area (Å²) in [4.78, 5) is 35.2. The molecule has 1 N–H and O–H groups in total. The summed E-state index contributed by atoms with van der Waals surface area (Å²) in [6, 6.07) is 0. The number of carbonyl (C=O) groups excluding carboxylic acids is 2. The first kappa shape index (κ1) is 18.2. The third-order valence-corrected chi connectivity index (χ3v) is 2.87. The molecule has 1 atom stereocenters. The molecule has 0 amide bonds. The second-order valence-electron chi connectivity index (χ2n) is 4.61. The van der Waals surface area contributed by atoms with E-state index in [0.29, 0.717) is 26.3 Å². The summed E-state index contributed by atoms with van der Waals surface area (Å²) in [7, 11) is 0. The van der Waals surface area contributed by atoms with Crippen molar-refractivity contribution in [3.05, 3.63) is 0 Å². The lowest BCUT2D eigenvalue weighted by atomic mass is 10.4. The third kappa shape index (κ3) is 7.79. The molecule has 0 radical (unpaired) electrons. The zero-order valence-corrected chi connectivity index (χ0v) is 12.5. The number of esters is 2. The number of hydrogen-bond donors (Lipinski definition) is 1. The van der Waals surface area contributed by atoms with Gasteiger partial charge in [-0.15, -0.1) is 0 Å². The van der Waals surface area contributed by atoms with Gasteiger partial charge in [-0.25, -0.2) is 4.79 Å². The predicted molar refractivity (Wildman–Crippen MR) is 72.4 cm³/mol. The van der Waals surface area contributed by atoms with Crippen LogP contribution in [0.25, 0.3) is 0 Å². The van der Waals surface area contributed by atoms with Crippen molar-refractivity contribution in [3.63, 3.8) is 0 Å². The Bertz CT molecular complexity index is 380. The van der Waals surface area contributed by atoms with Gasteiger partial charge in [0.05, 0.1) is 19.8 Å². The number of hydrogen-bond acceptors (Lipinski definition) is 8. The normalized spacial score (nSPS) is 16.6. The molecule has 0 aromatic carbocycles. The topological polar surface area (TPSA) is 112 Å². The van der Waals surface area contributed by atoms with Crippen LogP contribution in [-0.4, -0.2) is 80.3 Å². The summed E-state index contributed by atoms with van der Waals surface area (Å²) >= 11 is 0. The van der Waals surface area contributed by atoms with Crippen molar-refractivity contribution in [1.29, 1.82) is 0 Å². The Hall–Kier alpha value is -1.87. The molecule has 0 bridgehead atoms. The van der Waals surface area contributed by atoms with Gasteiger partial charge in [0.25, 0.3) is 0 Å². The van der Waals surface area contributed by atoms with Crippen molar-refractivity contribution >= 4 is 18.1 Å². The van der Waals surface area contributed by atoms with Crippen LogP contribution < -0.4 is 0 Å². The van der Waals surface area contributed by atoms with E-state index >= 15 is 0 Å². The zero-order valence-electron chi connectivity index (χ0n) is 12.5. The minimum absolute atomic E-state index is 0.0641. The summed E-state index contributed by atoms with van der Waals surface area (Å²) < 4.78 is 19.5.